The van der Waals surface area contributed by atoms with Gasteiger partial charge in [-0.2, -0.15) is 0 Å². The van der Waals surface area contributed by atoms with Crippen molar-refractivity contribution in [3.05, 3.63) is 48.0 Å². The van der Waals surface area contributed by atoms with Crippen molar-refractivity contribution in [2.45, 2.75) is 32.9 Å². The highest BCUT2D eigenvalue weighted by Gasteiger charge is 2.15. The van der Waals surface area contributed by atoms with Crippen molar-refractivity contribution in [2.24, 2.45) is 0 Å². The molecule has 0 aliphatic carbocycles. The molecule has 98 valence electrons. The van der Waals surface area contributed by atoms with Gasteiger partial charge in [-0.1, -0.05) is 35.9 Å². The van der Waals surface area contributed by atoms with Crippen LogP contribution in [-0.2, 0) is 4.79 Å². The number of carbonyl (C=O) groups excluding carboxylic acids is 1. The van der Waals surface area contributed by atoms with Gasteiger partial charge in [-0.05, 0) is 26.3 Å². The number of aryl methyl sites for hydroxylation is 1. The molecule has 0 aromatic heterocycles. The molecule has 0 saturated carbocycles. The molecule has 0 saturated heterocycles. The Labute approximate surface area is 109 Å². The zero-order valence-electron chi connectivity index (χ0n) is 11.4. The molecule has 0 radical (unpaired) electrons. The number of hydrogen-bond donors (Lipinski definition) is 2. The van der Waals surface area contributed by atoms with E-state index >= 15 is 0 Å². The lowest BCUT2D eigenvalue weighted by Crippen LogP contribution is -2.43. The number of benzene rings is 1. The first kappa shape index (κ1) is 14.5. The number of nitrogens with one attached hydrogen (secondary N) is 2. The van der Waals surface area contributed by atoms with Crippen molar-refractivity contribution in [3.63, 3.8) is 0 Å². The molecule has 1 amide bonds. The first-order valence-electron chi connectivity index (χ1n) is 6.25. The Morgan fingerprint density at radius 2 is 2.17 bits per heavy atom. The smallest absolute Gasteiger partial charge is 0.237 e. The SMILES string of the molecule is C=CCNC(=O)C(C)N[C@@H](C)c1cccc(C)c1. The molecule has 2 atom stereocenters. The van der Waals surface area contributed by atoms with Gasteiger partial charge in [-0.25, -0.2) is 0 Å². The molecule has 0 aliphatic rings. The Bertz CT molecular complexity index is 415. The summed E-state index contributed by atoms with van der Waals surface area (Å²) < 4.78 is 0. The number of carbonyl (C=O) groups is 1. The number of rotatable bonds is 6. The summed E-state index contributed by atoms with van der Waals surface area (Å²) in [6, 6.07) is 8.22. The first-order valence-corrected chi connectivity index (χ1v) is 6.25. The molecule has 1 rings (SSSR count). The van der Waals surface area contributed by atoms with Crippen LogP contribution in [0.2, 0.25) is 0 Å². The lowest BCUT2D eigenvalue weighted by atomic mass is 10.1. The molecular weight excluding hydrogens is 224 g/mol. The maximum atomic E-state index is 11.7. The topological polar surface area (TPSA) is 41.1 Å². The van der Waals surface area contributed by atoms with Crippen molar-refractivity contribution in [1.29, 1.82) is 0 Å². The summed E-state index contributed by atoms with van der Waals surface area (Å²) >= 11 is 0. The van der Waals surface area contributed by atoms with Crippen LogP contribution in [0.4, 0.5) is 0 Å². The zero-order valence-corrected chi connectivity index (χ0v) is 11.4. The quantitative estimate of drug-likeness (QED) is 0.756. The van der Waals surface area contributed by atoms with E-state index in [9.17, 15) is 4.79 Å². The molecule has 1 unspecified atom stereocenters. The van der Waals surface area contributed by atoms with Crippen molar-refractivity contribution >= 4 is 5.91 Å². The fraction of sp³-hybridized carbons (Fsp3) is 0.400. The van der Waals surface area contributed by atoms with Crippen molar-refractivity contribution in [1.82, 2.24) is 10.6 Å². The van der Waals surface area contributed by atoms with Crippen molar-refractivity contribution < 1.29 is 4.79 Å². The van der Waals surface area contributed by atoms with Crippen LogP contribution >= 0.6 is 0 Å². The third-order valence-electron chi connectivity index (χ3n) is 2.86. The minimum atomic E-state index is -0.222. The summed E-state index contributed by atoms with van der Waals surface area (Å²) in [6.07, 6.45) is 1.68. The second kappa shape index (κ2) is 6.97. The normalized spacial score (nSPS) is 13.7. The van der Waals surface area contributed by atoms with E-state index in [0.29, 0.717) is 6.54 Å². The van der Waals surface area contributed by atoms with E-state index in [1.165, 1.54) is 11.1 Å². The van der Waals surface area contributed by atoms with E-state index in [0.717, 1.165) is 0 Å². The second-order valence-electron chi connectivity index (χ2n) is 4.56. The van der Waals surface area contributed by atoms with E-state index < -0.39 is 0 Å². The summed E-state index contributed by atoms with van der Waals surface area (Å²) in [5.74, 6) is -0.00518. The Balaban J connectivity index is 2.56. The molecule has 1 aromatic rings. The maximum Gasteiger partial charge on any atom is 0.237 e. The largest absolute Gasteiger partial charge is 0.351 e. The molecule has 0 spiro atoms. The third-order valence-corrected chi connectivity index (χ3v) is 2.86. The van der Waals surface area contributed by atoms with Gasteiger partial charge >= 0.3 is 0 Å². The second-order valence-corrected chi connectivity index (χ2v) is 4.56. The fourth-order valence-corrected chi connectivity index (χ4v) is 1.81. The Kier molecular flexibility index (Phi) is 5.59. The van der Waals surface area contributed by atoms with Gasteiger partial charge in [0.2, 0.25) is 5.91 Å². The van der Waals surface area contributed by atoms with Crippen LogP contribution in [0.3, 0.4) is 0 Å². The predicted molar refractivity (Wildman–Crippen MR) is 75.4 cm³/mol. The molecule has 3 nitrogen and oxygen atoms in total. The van der Waals surface area contributed by atoms with E-state index in [1.807, 2.05) is 13.0 Å². The standard InChI is InChI=1S/C15H22N2O/c1-5-9-16-15(18)13(4)17-12(3)14-8-6-7-11(2)10-14/h5-8,10,12-13,17H,1,9H2,2-4H3,(H,16,18)/t12-,13?/m0/s1. The van der Waals surface area contributed by atoms with Crippen molar-refractivity contribution in [3.8, 4) is 0 Å². The summed E-state index contributed by atoms with van der Waals surface area (Å²) in [4.78, 5) is 11.7. The predicted octanol–water partition coefficient (Wildman–Crippen LogP) is 2.34. The molecule has 0 heterocycles. The number of hydrogen-bond acceptors (Lipinski definition) is 2. The van der Waals surface area contributed by atoms with Crippen LogP contribution in [0.5, 0.6) is 0 Å². The lowest BCUT2D eigenvalue weighted by Gasteiger charge is -2.20. The summed E-state index contributed by atoms with van der Waals surface area (Å²) in [5, 5.41) is 6.07. The van der Waals surface area contributed by atoms with Crippen LogP contribution < -0.4 is 10.6 Å². The van der Waals surface area contributed by atoms with Crippen LogP contribution in [0.25, 0.3) is 0 Å². The third kappa shape index (κ3) is 4.34. The minimum Gasteiger partial charge on any atom is -0.351 e. The Hall–Kier alpha value is -1.61. The highest BCUT2D eigenvalue weighted by Crippen LogP contribution is 2.14. The Morgan fingerprint density at radius 1 is 1.44 bits per heavy atom. The van der Waals surface area contributed by atoms with E-state index in [-0.39, 0.29) is 18.0 Å². The van der Waals surface area contributed by atoms with E-state index in [1.54, 1.807) is 6.08 Å². The van der Waals surface area contributed by atoms with E-state index in [2.05, 4.69) is 49.3 Å². The molecule has 2 N–H and O–H groups in total. The zero-order chi connectivity index (χ0) is 13.5. The molecular formula is C15H22N2O. The molecule has 1 aromatic carbocycles. The molecule has 3 heteroatoms. The van der Waals surface area contributed by atoms with Crippen LogP contribution in [0.1, 0.15) is 31.0 Å². The average molecular weight is 246 g/mol. The number of amides is 1. The molecule has 0 bridgehead atoms. The Morgan fingerprint density at radius 3 is 2.78 bits per heavy atom. The van der Waals surface area contributed by atoms with Crippen molar-refractivity contribution in [2.75, 3.05) is 6.54 Å². The van der Waals surface area contributed by atoms with Gasteiger partial charge < -0.3 is 5.32 Å². The van der Waals surface area contributed by atoms with Crippen LogP contribution in [0, 0.1) is 6.92 Å². The van der Waals surface area contributed by atoms with E-state index in [4.69, 9.17) is 0 Å². The van der Waals surface area contributed by atoms with Gasteiger partial charge in [0.25, 0.3) is 0 Å². The van der Waals surface area contributed by atoms with Gasteiger partial charge in [0, 0.05) is 12.6 Å². The van der Waals surface area contributed by atoms with Gasteiger partial charge in [0.1, 0.15) is 0 Å². The summed E-state index contributed by atoms with van der Waals surface area (Å²) in [7, 11) is 0. The first-order chi connectivity index (χ1) is 8.54. The van der Waals surface area contributed by atoms with Gasteiger partial charge in [-0.15, -0.1) is 6.58 Å². The van der Waals surface area contributed by atoms with Gasteiger partial charge in [-0.3, -0.25) is 10.1 Å². The summed E-state index contributed by atoms with van der Waals surface area (Å²) in [6.45, 7) is 10.1. The summed E-state index contributed by atoms with van der Waals surface area (Å²) in [5.41, 5.74) is 2.42. The molecule has 0 aliphatic heterocycles. The average Bonchev–Trinajstić information content (AvgIpc) is 2.35. The highest BCUT2D eigenvalue weighted by molar-refractivity contribution is 5.81. The van der Waals surface area contributed by atoms with Gasteiger partial charge in [0.05, 0.1) is 6.04 Å². The lowest BCUT2D eigenvalue weighted by molar-refractivity contribution is -0.122. The molecule has 18 heavy (non-hydrogen) atoms. The fourth-order valence-electron chi connectivity index (χ4n) is 1.81. The van der Waals surface area contributed by atoms with Gasteiger partial charge in [0.15, 0.2) is 0 Å². The van der Waals surface area contributed by atoms with Crippen LogP contribution in [-0.4, -0.2) is 18.5 Å². The maximum absolute atomic E-state index is 11.7. The minimum absolute atomic E-state index is 0.00518. The monoisotopic (exact) mass is 246 g/mol. The van der Waals surface area contributed by atoms with Crippen LogP contribution in [0.15, 0.2) is 36.9 Å². The molecule has 0 fully saturated rings. The highest BCUT2D eigenvalue weighted by atomic mass is 16.2.